The number of unbranched alkanes of at least 4 members (excludes halogenated alkanes) is 3. The Morgan fingerprint density at radius 1 is 1.08 bits per heavy atom. The van der Waals surface area contributed by atoms with Crippen LogP contribution in [0.25, 0.3) is 16.3 Å². The number of para-hydroxylation sites is 1. The average molecular weight is 323 g/mol. The van der Waals surface area contributed by atoms with E-state index in [1.807, 2.05) is 16.5 Å². The van der Waals surface area contributed by atoms with E-state index in [0.29, 0.717) is 12.0 Å². The number of benzene rings is 1. The maximum atomic E-state index is 13.2. The summed E-state index contributed by atoms with van der Waals surface area (Å²) in [6.07, 6.45) is 9.46. The van der Waals surface area contributed by atoms with Crippen molar-refractivity contribution in [1.29, 1.82) is 0 Å². The summed E-state index contributed by atoms with van der Waals surface area (Å²) in [5.74, 6) is 0.212. The second-order valence-corrected chi connectivity index (χ2v) is 7.11. The second kappa shape index (κ2) is 6.12. The number of fused-ring (bicyclic) bond motifs is 3. The predicted molar refractivity (Wildman–Crippen MR) is 98.5 cm³/mol. The molecule has 3 aromatic rings. The summed E-state index contributed by atoms with van der Waals surface area (Å²) < 4.78 is 1.92. The van der Waals surface area contributed by atoms with E-state index < -0.39 is 0 Å². The predicted octanol–water partition coefficient (Wildman–Crippen LogP) is 4.60. The van der Waals surface area contributed by atoms with E-state index in [0.717, 1.165) is 48.4 Å². The topological polar surface area (TPSA) is 41.7 Å². The zero-order chi connectivity index (χ0) is 16.7. The third-order valence-electron chi connectivity index (χ3n) is 5.58. The molecule has 0 saturated carbocycles. The number of hydrogen-bond donors (Lipinski definition) is 1. The third-order valence-corrected chi connectivity index (χ3v) is 5.58. The Morgan fingerprint density at radius 3 is 2.71 bits per heavy atom. The lowest BCUT2D eigenvalue weighted by Crippen LogP contribution is -2.21. The van der Waals surface area contributed by atoms with Gasteiger partial charge in [-0.25, -0.2) is 0 Å². The van der Waals surface area contributed by atoms with E-state index in [-0.39, 0.29) is 11.3 Å². The number of hydrogen-bond acceptors (Lipinski definition) is 2. The molecule has 1 N–H and O–H groups in total. The summed E-state index contributed by atoms with van der Waals surface area (Å²) in [6.45, 7) is 2.18. The van der Waals surface area contributed by atoms with Gasteiger partial charge in [-0.15, -0.1) is 0 Å². The molecule has 0 radical (unpaired) electrons. The molecule has 0 aliphatic heterocycles. The summed E-state index contributed by atoms with van der Waals surface area (Å²) in [4.78, 5) is 13.2. The van der Waals surface area contributed by atoms with E-state index >= 15 is 0 Å². The summed E-state index contributed by atoms with van der Waals surface area (Å²) in [7, 11) is 0. The Balaban J connectivity index is 1.94. The molecule has 0 amide bonds. The molecule has 2 aromatic heterocycles. The molecule has 126 valence electrons. The number of nitrogens with zero attached hydrogens (tertiary/aromatic N) is 1. The highest BCUT2D eigenvalue weighted by atomic mass is 16.3. The highest BCUT2D eigenvalue weighted by molar-refractivity contribution is 6.02. The monoisotopic (exact) mass is 323 g/mol. The number of aromatic hydroxyl groups is 1. The van der Waals surface area contributed by atoms with Gasteiger partial charge in [0.15, 0.2) is 0 Å². The quantitative estimate of drug-likeness (QED) is 0.697. The van der Waals surface area contributed by atoms with Crippen molar-refractivity contribution in [1.82, 2.24) is 4.40 Å². The van der Waals surface area contributed by atoms with Crippen LogP contribution >= 0.6 is 0 Å². The standard InChI is InChI=1S/C21H25NO2/c1-2-3-4-5-10-17-20(23)16-12-8-11-15-14-9-6-7-13-18(14)22(19(15)16)21(17)24/h8,11-12,23H,2-7,9-10,13H2,1H3. The fraction of sp³-hybridized carbons (Fsp3) is 0.476. The minimum absolute atomic E-state index is 0.0100. The van der Waals surface area contributed by atoms with Crippen molar-refractivity contribution in [3.63, 3.8) is 0 Å². The first-order valence-electron chi connectivity index (χ1n) is 9.36. The van der Waals surface area contributed by atoms with Crippen molar-refractivity contribution in [3.8, 4) is 5.75 Å². The van der Waals surface area contributed by atoms with Crippen molar-refractivity contribution < 1.29 is 5.11 Å². The van der Waals surface area contributed by atoms with Gasteiger partial charge in [-0.05, 0) is 50.2 Å². The van der Waals surface area contributed by atoms with E-state index in [9.17, 15) is 9.90 Å². The first-order chi connectivity index (χ1) is 11.7. The van der Waals surface area contributed by atoms with Crippen LogP contribution in [0.2, 0.25) is 0 Å². The summed E-state index contributed by atoms with van der Waals surface area (Å²) in [5.41, 5.74) is 4.06. The molecule has 0 saturated heterocycles. The van der Waals surface area contributed by atoms with Crippen molar-refractivity contribution in [3.05, 3.63) is 45.4 Å². The number of pyridine rings is 1. The average Bonchev–Trinajstić information content (AvgIpc) is 2.95. The molecule has 2 heterocycles. The lowest BCUT2D eigenvalue weighted by molar-refractivity contribution is 0.470. The minimum Gasteiger partial charge on any atom is -0.507 e. The van der Waals surface area contributed by atoms with E-state index in [2.05, 4.69) is 13.0 Å². The van der Waals surface area contributed by atoms with Gasteiger partial charge in [0.1, 0.15) is 5.75 Å². The van der Waals surface area contributed by atoms with Crippen LogP contribution in [0, 0.1) is 0 Å². The van der Waals surface area contributed by atoms with Crippen molar-refractivity contribution in [2.75, 3.05) is 0 Å². The minimum atomic E-state index is 0.0100. The lowest BCUT2D eigenvalue weighted by Gasteiger charge is -2.13. The summed E-state index contributed by atoms with van der Waals surface area (Å²) in [6, 6.07) is 6.07. The Hall–Kier alpha value is -2.03. The van der Waals surface area contributed by atoms with Crippen molar-refractivity contribution >= 4 is 16.3 Å². The van der Waals surface area contributed by atoms with Gasteiger partial charge < -0.3 is 5.11 Å². The van der Waals surface area contributed by atoms with Crippen LogP contribution in [0.4, 0.5) is 0 Å². The Kier molecular flexibility index (Phi) is 3.95. The molecule has 0 spiro atoms. The molecule has 3 nitrogen and oxygen atoms in total. The second-order valence-electron chi connectivity index (χ2n) is 7.11. The summed E-state index contributed by atoms with van der Waals surface area (Å²) >= 11 is 0. The van der Waals surface area contributed by atoms with Gasteiger partial charge in [0.25, 0.3) is 5.56 Å². The van der Waals surface area contributed by atoms with Gasteiger partial charge in [-0.3, -0.25) is 9.20 Å². The van der Waals surface area contributed by atoms with Gasteiger partial charge in [0, 0.05) is 16.5 Å². The fourth-order valence-electron chi connectivity index (χ4n) is 4.36. The van der Waals surface area contributed by atoms with Gasteiger partial charge in [-0.2, -0.15) is 0 Å². The van der Waals surface area contributed by atoms with E-state index in [1.54, 1.807) is 0 Å². The van der Waals surface area contributed by atoms with Crippen LogP contribution in [0.15, 0.2) is 23.0 Å². The van der Waals surface area contributed by atoms with Gasteiger partial charge in [-0.1, -0.05) is 38.3 Å². The Morgan fingerprint density at radius 2 is 1.88 bits per heavy atom. The molecule has 1 aromatic carbocycles. The fourth-order valence-corrected chi connectivity index (χ4v) is 4.36. The van der Waals surface area contributed by atoms with Crippen molar-refractivity contribution in [2.24, 2.45) is 0 Å². The molecule has 0 bridgehead atoms. The zero-order valence-corrected chi connectivity index (χ0v) is 14.4. The maximum Gasteiger partial charge on any atom is 0.262 e. The molecule has 4 rings (SSSR count). The largest absolute Gasteiger partial charge is 0.507 e. The molecule has 0 unspecified atom stereocenters. The third kappa shape index (κ3) is 2.21. The molecule has 1 aliphatic rings. The van der Waals surface area contributed by atoms with Crippen LogP contribution in [-0.2, 0) is 19.3 Å². The van der Waals surface area contributed by atoms with Crippen LogP contribution in [-0.4, -0.2) is 9.51 Å². The molecule has 0 fully saturated rings. The van der Waals surface area contributed by atoms with Crippen LogP contribution in [0.1, 0.15) is 62.3 Å². The molecule has 24 heavy (non-hydrogen) atoms. The van der Waals surface area contributed by atoms with E-state index in [4.69, 9.17) is 0 Å². The molecule has 3 heteroatoms. The van der Waals surface area contributed by atoms with Gasteiger partial charge in [0.05, 0.1) is 11.1 Å². The number of aryl methyl sites for hydroxylation is 2. The lowest BCUT2D eigenvalue weighted by atomic mass is 9.95. The van der Waals surface area contributed by atoms with Crippen molar-refractivity contribution in [2.45, 2.75) is 64.7 Å². The summed E-state index contributed by atoms with van der Waals surface area (Å²) in [5, 5.41) is 12.8. The normalized spacial score (nSPS) is 14.5. The number of aromatic nitrogens is 1. The smallest absolute Gasteiger partial charge is 0.262 e. The molecule has 0 atom stereocenters. The Bertz CT molecular complexity index is 938. The van der Waals surface area contributed by atoms with Crippen LogP contribution in [0.5, 0.6) is 5.75 Å². The number of rotatable bonds is 5. The molecular weight excluding hydrogens is 298 g/mol. The maximum absolute atomic E-state index is 13.2. The highest BCUT2D eigenvalue weighted by Crippen LogP contribution is 2.37. The SMILES string of the molecule is CCCCCCc1c(O)c2cccc3c4c(n(c1=O)c23)CCCC4. The van der Waals surface area contributed by atoms with Crippen LogP contribution in [0.3, 0.4) is 0 Å². The zero-order valence-electron chi connectivity index (χ0n) is 14.4. The van der Waals surface area contributed by atoms with Gasteiger partial charge >= 0.3 is 0 Å². The first-order valence-corrected chi connectivity index (χ1v) is 9.36. The Labute approximate surface area is 142 Å². The van der Waals surface area contributed by atoms with E-state index in [1.165, 1.54) is 30.5 Å². The van der Waals surface area contributed by atoms with Crippen LogP contribution < -0.4 is 5.56 Å². The molecule has 1 aliphatic carbocycles. The first kappa shape index (κ1) is 15.5. The van der Waals surface area contributed by atoms with Gasteiger partial charge in [0.2, 0.25) is 0 Å². The highest BCUT2D eigenvalue weighted by Gasteiger charge is 2.24. The molecular formula is C21H25NO2.